The molecule has 5 nitrogen and oxygen atoms in total. The molecule has 2 aromatic rings. The number of hydrogen-bond donors (Lipinski definition) is 1. The highest BCUT2D eigenvalue weighted by Gasteiger charge is 2.20. The lowest BCUT2D eigenvalue weighted by atomic mass is 10.2. The largest absolute Gasteiger partial charge is 0.497 e. The van der Waals surface area contributed by atoms with Crippen LogP contribution in [0.2, 0.25) is 0 Å². The number of aryl methyl sites for hydroxylation is 1. The Morgan fingerprint density at radius 2 is 1.83 bits per heavy atom. The summed E-state index contributed by atoms with van der Waals surface area (Å²) in [4.78, 5) is 12.6. The lowest BCUT2D eigenvalue weighted by Gasteiger charge is -2.19. The van der Waals surface area contributed by atoms with E-state index in [0.717, 1.165) is 5.56 Å². The topological polar surface area (TPSA) is 56.8 Å². The van der Waals surface area contributed by atoms with Crippen molar-refractivity contribution >= 4 is 11.6 Å². The summed E-state index contributed by atoms with van der Waals surface area (Å²) in [5, 5.41) is 2.86. The zero-order valence-corrected chi connectivity index (χ0v) is 14.5. The van der Waals surface area contributed by atoms with Crippen molar-refractivity contribution in [3.05, 3.63) is 48.0 Å². The summed E-state index contributed by atoms with van der Waals surface area (Å²) in [7, 11) is 3.13. The van der Waals surface area contributed by atoms with Crippen molar-refractivity contribution in [2.45, 2.75) is 26.4 Å². The van der Waals surface area contributed by atoms with E-state index in [-0.39, 0.29) is 5.91 Å². The van der Waals surface area contributed by atoms with Crippen molar-refractivity contribution in [1.82, 2.24) is 0 Å². The second-order valence-corrected chi connectivity index (χ2v) is 5.34. The van der Waals surface area contributed by atoms with E-state index in [4.69, 9.17) is 14.2 Å². The molecule has 0 fully saturated rings. The third kappa shape index (κ3) is 4.19. The second kappa shape index (κ2) is 8.24. The van der Waals surface area contributed by atoms with E-state index in [1.54, 1.807) is 32.4 Å². The number of rotatable bonds is 7. The number of para-hydroxylation sites is 1. The molecule has 0 radical (unpaired) electrons. The van der Waals surface area contributed by atoms with E-state index in [9.17, 15) is 4.79 Å². The van der Waals surface area contributed by atoms with Gasteiger partial charge in [0.15, 0.2) is 6.10 Å². The number of ether oxygens (including phenoxy) is 3. The lowest BCUT2D eigenvalue weighted by Crippen LogP contribution is -2.32. The fourth-order valence-corrected chi connectivity index (χ4v) is 2.29. The predicted octanol–water partition coefficient (Wildman–Crippen LogP) is 3.81. The normalized spacial score (nSPS) is 11.5. The lowest BCUT2D eigenvalue weighted by molar-refractivity contribution is -0.122. The number of carbonyl (C=O) groups is 1. The van der Waals surface area contributed by atoms with Crippen LogP contribution in [0.5, 0.6) is 17.2 Å². The first-order valence-electron chi connectivity index (χ1n) is 7.84. The summed E-state index contributed by atoms with van der Waals surface area (Å²) in [6.45, 7) is 3.86. The Balaban J connectivity index is 2.16. The van der Waals surface area contributed by atoms with Crippen LogP contribution in [0.25, 0.3) is 0 Å². The maximum Gasteiger partial charge on any atom is 0.265 e. The standard InChI is InChI=1S/C19H23NO4/c1-5-16(24-17-9-7-6-8-13(17)2)19(21)20-15-12-14(22-3)10-11-18(15)23-4/h6-12,16H,5H2,1-4H3,(H,20,21). The highest BCUT2D eigenvalue weighted by Crippen LogP contribution is 2.29. The van der Waals surface area contributed by atoms with Crippen LogP contribution in [-0.2, 0) is 4.79 Å². The van der Waals surface area contributed by atoms with E-state index < -0.39 is 6.10 Å². The van der Waals surface area contributed by atoms with Crippen LogP contribution in [0.1, 0.15) is 18.9 Å². The van der Waals surface area contributed by atoms with Gasteiger partial charge in [0.25, 0.3) is 5.91 Å². The molecule has 1 amide bonds. The molecule has 0 spiro atoms. The van der Waals surface area contributed by atoms with Gasteiger partial charge in [-0.25, -0.2) is 0 Å². The molecule has 5 heteroatoms. The van der Waals surface area contributed by atoms with Gasteiger partial charge in [-0.05, 0) is 37.1 Å². The van der Waals surface area contributed by atoms with Gasteiger partial charge in [0, 0.05) is 6.07 Å². The van der Waals surface area contributed by atoms with Crippen molar-refractivity contribution in [2.75, 3.05) is 19.5 Å². The number of carbonyl (C=O) groups excluding carboxylic acids is 1. The Morgan fingerprint density at radius 3 is 2.46 bits per heavy atom. The molecule has 1 atom stereocenters. The average Bonchev–Trinajstić information content (AvgIpc) is 2.60. The fourth-order valence-electron chi connectivity index (χ4n) is 2.29. The van der Waals surface area contributed by atoms with Crippen LogP contribution >= 0.6 is 0 Å². The van der Waals surface area contributed by atoms with Crippen LogP contribution in [0.3, 0.4) is 0 Å². The maximum atomic E-state index is 12.6. The van der Waals surface area contributed by atoms with E-state index in [2.05, 4.69) is 5.32 Å². The van der Waals surface area contributed by atoms with E-state index in [1.165, 1.54) is 0 Å². The number of nitrogens with one attached hydrogen (secondary N) is 1. The SMILES string of the molecule is CCC(Oc1ccccc1C)C(=O)Nc1cc(OC)ccc1OC. The minimum absolute atomic E-state index is 0.229. The van der Waals surface area contributed by atoms with Crippen molar-refractivity contribution in [1.29, 1.82) is 0 Å². The molecule has 1 unspecified atom stereocenters. The van der Waals surface area contributed by atoms with Crippen molar-refractivity contribution in [2.24, 2.45) is 0 Å². The molecule has 0 aliphatic carbocycles. The highest BCUT2D eigenvalue weighted by molar-refractivity contribution is 5.95. The van der Waals surface area contributed by atoms with Gasteiger partial charge in [-0.15, -0.1) is 0 Å². The minimum atomic E-state index is -0.595. The summed E-state index contributed by atoms with van der Waals surface area (Å²) in [6.07, 6.45) is -0.0473. The smallest absolute Gasteiger partial charge is 0.265 e. The molecule has 0 aromatic heterocycles. The Morgan fingerprint density at radius 1 is 1.08 bits per heavy atom. The first-order chi connectivity index (χ1) is 11.6. The predicted molar refractivity (Wildman–Crippen MR) is 94.1 cm³/mol. The zero-order chi connectivity index (χ0) is 17.5. The van der Waals surface area contributed by atoms with E-state index in [0.29, 0.717) is 29.4 Å². The van der Waals surface area contributed by atoms with Gasteiger partial charge in [0.1, 0.15) is 17.2 Å². The Hall–Kier alpha value is -2.69. The molecular weight excluding hydrogens is 306 g/mol. The summed E-state index contributed by atoms with van der Waals surface area (Å²) in [6, 6.07) is 12.9. The fraction of sp³-hybridized carbons (Fsp3) is 0.316. The molecule has 0 saturated carbocycles. The Bertz CT molecular complexity index is 700. The van der Waals surface area contributed by atoms with Gasteiger partial charge in [-0.3, -0.25) is 4.79 Å². The van der Waals surface area contributed by atoms with Crippen LogP contribution in [0.4, 0.5) is 5.69 Å². The maximum absolute atomic E-state index is 12.6. The monoisotopic (exact) mass is 329 g/mol. The van der Waals surface area contributed by atoms with Crippen molar-refractivity contribution < 1.29 is 19.0 Å². The number of amides is 1. The molecule has 0 heterocycles. The number of methoxy groups -OCH3 is 2. The van der Waals surface area contributed by atoms with Gasteiger partial charge in [0.2, 0.25) is 0 Å². The molecule has 0 aliphatic rings. The molecule has 0 aliphatic heterocycles. The third-order valence-corrected chi connectivity index (χ3v) is 3.69. The highest BCUT2D eigenvalue weighted by atomic mass is 16.5. The molecule has 128 valence electrons. The van der Waals surface area contributed by atoms with Gasteiger partial charge in [-0.2, -0.15) is 0 Å². The molecule has 2 rings (SSSR count). The number of hydrogen-bond acceptors (Lipinski definition) is 4. The van der Waals surface area contributed by atoms with Gasteiger partial charge >= 0.3 is 0 Å². The van der Waals surface area contributed by atoms with Crippen LogP contribution in [0.15, 0.2) is 42.5 Å². The van der Waals surface area contributed by atoms with E-state index >= 15 is 0 Å². The molecule has 1 N–H and O–H groups in total. The molecular formula is C19H23NO4. The van der Waals surface area contributed by atoms with E-state index in [1.807, 2.05) is 38.1 Å². The molecule has 0 saturated heterocycles. The molecule has 24 heavy (non-hydrogen) atoms. The number of anilines is 1. The summed E-state index contributed by atoms with van der Waals surface area (Å²) >= 11 is 0. The second-order valence-electron chi connectivity index (χ2n) is 5.34. The van der Waals surface area contributed by atoms with Crippen molar-refractivity contribution in [3.8, 4) is 17.2 Å². The number of benzene rings is 2. The Labute approximate surface area is 142 Å². The van der Waals surface area contributed by atoms with Crippen LogP contribution in [-0.4, -0.2) is 26.2 Å². The average molecular weight is 329 g/mol. The molecule has 0 bridgehead atoms. The summed E-state index contributed by atoms with van der Waals surface area (Å²) in [5.41, 5.74) is 1.54. The van der Waals surface area contributed by atoms with Gasteiger partial charge in [0.05, 0.1) is 19.9 Å². The summed E-state index contributed by atoms with van der Waals surface area (Å²) < 4.78 is 16.4. The molecule has 2 aromatic carbocycles. The zero-order valence-electron chi connectivity index (χ0n) is 14.5. The van der Waals surface area contributed by atoms with Crippen LogP contribution < -0.4 is 19.5 Å². The first kappa shape index (κ1) is 17.7. The van der Waals surface area contributed by atoms with Gasteiger partial charge < -0.3 is 19.5 Å². The van der Waals surface area contributed by atoms with Crippen molar-refractivity contribution in [3.63, 3.8) is 0 Å². The quantitative estimate of drug-likeness (QED) is 0.839. The third-order valence-electron chi connectivity index (χ3n) is 3.69. The summed E-state index contributed by atoms with van der Waals surface area (Å²) in [5.74, 6) is 1.68. The first-order valence-corrected chi connectivity index (χ1v) is 7.84. The van der Waals surface area contributed by atoms with Gasteiger partial charge in [-0.1, -0.05) is 25.1 Å². The van der Waals surface area contributed by atoms with Crippen LogP contribution in [0, 0.1) is 6.92 Å². The minimum Gasteiger partial charge on any atom is -0.497 e. The Kier molecular flexibility index (Phi) is 6.07.